The van der Waals surface area contributed by atoms with Crippen LogP contribution in [0.15, 0.2) is 0 Å². The number of esters is 1. The van der Waals surface area contributed by atoms with Gasteiger partial charge in [0, 0.05) is 17.4 Å². The number of hydrogen-bond acceptors (Lipinski definition) is 4. The molecule has 1 aromatic rings. The van der Waals surface area contributed by atoms with E-state index in [2.05, 4.69) is 19.9 Å². The summed E-state index contributed by atoms with van der Waals surface area (Å²) in [6, 6.07) is -0.0143. The van der Waals surface area contributed by atoms with Gasteiger partial charge in [-0.2, -0.15) is 16.2 Å². The van der Waals surface area contributed by atoms with Gasteiger partial charge in [0.25, 0.3) is 0 Å². The zero-order chi connectivity index (χ0) is 20.4. The molecule has 0 spiro atoms. The van der Waals surface area contributed by atoms with Gasteiger partial charge in [0.1, 0.15) is 0 Å². The summed E-state index contributed by atoms with van der Waals surface area (Å²) in [4.78, 5) is 23.2. The Balaban J connectivity index is 1.51. The molecule has 2 N–H and O–H groups in total. The van der Waals surface area contributed by atoms with Crippen LogP contribution in [0.4, 0.5) is 22.4 Å². The molecule has 3 unspecified atom stereocenters. The number of benzene rings is 1. The highest BCUT2D eigenvalue weighted by molar-refractivity contribution is 14.2. The number of ether oxygens (including phenoxy) is 1. The van der Waals surface area contributed by atoms with Crippen LogP contribution in [0.5, 0.6) is 5.75 Å². The van der Waals surface area contributed by atoms with E-state index in [1.54, 1.807) is 11.8 Å². The zero-order valence-electron chi connectivity index (χ0n) is 14.5. The van der Waals surface area contributed by atoms with E-state index in [1.807, 2.05) is 0 Å². The summed E-state index contributed by atoms with van der Waals surface area (Å²) in [5.41, 5.74) is 0. The third-order valence-corrected chi connectivity index (χ3v) is 7.80. The van der Waals surface area contributed by atoms with Crippen molar-refractivity contribution in [3.8, 4) is 5.75 Å². The van der Waals surface area contributed by atoms with E-state index in [4.69, 9.17) is 0 Å². The fraction of sp³-hybridized carbons (Fsp3) is 0.471. The zero-order valence-corrected chi connectivity index (χ0v) is 17.5. The molecule has 0 saturated carbocycles. The summed E-state index contributed by atoms with van der Waals surface area (Å²) >= 11 is 0.266. The van der Waals surface area contributed by atoms with Gasteiger partial charge in [-0.15, -0.1) is 0 Å². The van der Waals surface area contributed by atoms with Gasteiger partial charge >= 0.3 is 12.0 Å². The number of halogens is 5. The van der Waals surface area contributed by atoms with Crippen molar-refractivity contribution in [1.29, 1.82) is 0 Å². The van der Waals surface area contributed by atoms with Crippen LogP contribution in [0.2, 0.25) is 0 Å². The second-order valence-corrected chi connectivity index (χ2v) is 9.49. The van der Waals surface area contributed by atoms with E-state index in [9.17, 15) is 27.2 Å². The summed E-state index contributed by atoms with van der Waals surface area (Å²) in [5, 5.41) is 5.93. The number of urea groups is 1. The molecule has 2 heterocycles. The minimum Gasteiger partial charge on any atom is -0.420 e. The fourth-order valence-corrected chi connectivity index (χ4v) is 5.91. The fourth-order valence-electron chi connectivity index (χ4n) is 3.21. The van der Waals surface area contributed by atoms with E-state index < -0.39 is 59.3 Å². The van der Waals surface area contributed by atoms with E-state index >= 15 is 0 Å². The lowest BCUT2D eigenvalue weighted by molar-refractivity contribution is -0.135. The molecule has 28 heavy (non-hydrogen) atoms. The molecule has 2 amide bonds. The maximum atomic E-state index is 14.1. The highest BCUT2D eigenvalue weighted by Crippen LogP contribution is 2.34. The molecule has 11 heteroatoms. The lowest BCUT2D eigenvalue weighted by Gasteiger charge is -2.16. The van der Waals surface area contributed by atoms with Crippen molar-refractivity contribution in [3.63, 3.8) is 0 Å². The SMILES string of the molecule is C=Ic1c(F)c(F)c(F)c(OC(=O)CCCCC2SCC3NC(=O)NC32)c1F. The number of fused-ring (bicyclic) bond motifs is 1. The van der Waals surface area contributed by atoms with Crippen LogP contribution < -0.4 is 15.4 Å². The van der Waals surface area contributed by atoms with Crippen molar-refractivity contribution in [2.75, 3.05) is 5.75 Å². The molecule has 0 radical (unpaired) electrons. The molecule has 3 atom stereocenters. The quantitative estimate of drug-likeness (QED) is 0.0826. The molecule has 3 rings (SSSR count). The maximum absolute atomic E-state index is 14.1. The molecule has 0 bridgehead atoms. The molecule has 1 aromatic carbocycles. The Labute approximate surface area is 172 Å². The first kappa shape index (κ1) is 21.3. The lowest BCUT2D eigenvalue weighted by atomic mass is 10.0. The van der Waals surface area contributed by atoms with Crippen LogP contribution in [0.25, 0.3) is 0 Å². The minimum absolute atomic E-state index is 0.0548. The standard InChI is InChI=1S/C17H17F4IN2O3S/c1-22-14-11(19)10(18)12(20)16(13(14)21)27-9(25)5-3-2-4-8-15-7(6-28-8)23-17(26)24-15/h7-8,15H,1-6H2,(H2,23,24,26). The Kier molecular flexibility index (Phi) is 6.84. The van der Waals surface area contributed by atoms with Crippen LogP contribution in [0, 0.1) is 26.8 Å². The maximum Gasteiger partial charge on any atom is 0.315 e. The first-order valence-corrected chi connectivity index (χ1v) is 12.1. The van der Waals surface area contributed by atoms with Crippen molar-refractivity contribution in [3.05, 3.63) is 26.8 Å². The van der Waals surface area contributed by atoms with Crippen molar-refractivity contribution in [2.45, 2.75) is 43.0 Å². The molecular formula is C17H17F4IN2O3S. The van der Waals surface area contributed by atoms with E-state index in [0.717, 1.165) is 12.2 Å². The Hall–Kier alpha value is -1.37. The first-order valence-electron chi connectivity index (χ1n) is 8.47. The van der Waals surface area contributed by atoms with Crippen LogP contribution in [0.3, 0.4) is 0 Å². The summed E-state index contributed by atoms with van der Waals surface area (Å²) in [5.74, 6) is -8.09. The summed E-state index contributed by atoms with van der Waals surface area (Å²) in [6.45, 7) is 0. The van der Waals surface area contributed by atoms with Gasteiger partial charge in [-0.1, -0.05) is 31.7 Å². The average Bonchev–Trinajstić information content (AvgIpc) is 3.20. The van der Waals surface area contributed by atoms with Gasteiger partial charge < -0.3 is 15.4 Å². The molecule has 2 saturated heterocycles. The van der Waals surface area contributed by atoms with Crippen LogP contribution in [-0.4, -0.2) is 39.6 Å². The number of unbranched alkanes of at least 4 members (excludes halogenated alkanes) is 1. The third kappa shape index (κ3) is 4.29. The number of amides is 2. The number of carbonyl (C=O) groups is 2. The molecule has 0 aromatic heterocycles. The Bertz CT molecular complexity index is 826. The summed E-state index contributed by atoms with van der Waals surface area (Å²) in [7, 11) is 0. The molecule has 0 aliphatic carbocycles. The highest BCUT2D eigenvalue weighted by Gasteiger charge is 2.42. The van der Waals surface area contributed by atoms with Crippen molar-refractivity contribution < 1.29 is 31.9 Å². The predicted octanol–water partition coefficient (Wildman–Crippen LogP) is 3.45. The van der Waals surface area contributed by atoms with Gasteiger partial charge in [0.15, 0.2) is 17.5 Å². The van der Waals surface area contributed by atoms with E-state index in [-0.39, 0.29) is 29.8 Å². The Morgan fingerprint density at radius 3 is 2.61 bits per heavy atom. The summed E-state index contributed by atoms with van der Waals surface area (Å²) < 4.78 is 62.2. The normalized spacial score (nSPS) is 23.3. The van der Waals surface area contributed by atoms with Crippen molar-refractivity contribution in [1.82, 2.24) is 10.6 Å². The largest absolute Gasteiger partial charge is 0.420 e. The van der Waals surface area contributed by atoms with Gasteiger partial charge in [-0.05, 0) is 12.8 Å². The molecule has 2 fully saturated rings. The van der Waals surface area contributed by atoms with E-state index in [1.165, 1.54) is 0 Å². The molecule has 2 aliphatic heterocycles. The second-order valence-electron chi connectivity index (χ2n) is 6.37. The second kappa shape index (κ2) is 8.97. The predicted molar refractivity (Wildman–Crippen MR) is 106 cm³/mol. The number of thioether (sulfide) groups is 1. The average molecular weight is 532 g/mol. The highest BCUT2D eigenvalue weighted by atomic mass is 127. The minimum atomic E-state index is -1.87. The van der Waals surface area contributed by atoms with Gasteiger partial charge in [0.2, 0.25) is 11.6 Å². The van der Waals surface area contributed by atoms with Crippen molar-refractivity contribution >= 4 is 49.0 Å². The van der Waals surface area contributed by atoms with E-state index in [0.29, 0.717) is 12.8 Å². The molecular weight excluding hydrogens is 515 g/mol. The number of hydrogen-bond donors (Lipinski definition) is 2. The van der Waals surface area contributed by atoms with Crippen LogP contribution >= 0.6 is 32.5 Å². The number of nitrogens with one attached hydrogen (secondary N) is 2. The molecule has 5 nitrogen and oxygen atoms in total. The third-order valence-electron chi connectivity index (χ3n) is 4.58. The molecule has 154 valence electrons. The van der Waals surface area contributed by atoms with Gasteiger partial charge in [-0.3, -0.25) is 4.79 Å². The van der Waals surface area contributed by atoms with Crippen LogP contribution in [-0.2, 0) is 4.79 Å². The first-order chi connectivity index (χ1) is 13.3. The van der Waals surface area contributed by atoms with Crippen LogP contribution in [0.1, 0.15) is 25.7 Å². The number of carbonyl (C=O) groups excluding carboxylic acids is 2. The Morgan fingerprint density at radius 1 is 1.14 bits per heavy atom. The Morgan fingerprint density at radius 2 is 1.89 bits per heavy atom. The molecule has 2 aliphatic rings. The van der Waals surface area contributed by atoms with Crippen molar-refractivity contribution in [2.24, 2.45) is 0 Å². The lowest BCUT2D eigenvalue weighted by Crippen LogP contribution is -2.36. The monoisotopic (exact) mass is 532 g/mol. The summed E-state index contributed by atoms with van der Waals surface area (Å²) in [6.07, 6.45) is 1.68. The van der Waals surface area contributed by atoms with Gasteiger partial charge in [0.05, 0.1) is 15.7 Å². The topological polar surface area (TPSA) is 67.4 Å². The van der Waals surface area contributed by atoms with Gasteiger partial charge in [-0.25, -0.2) is 18.0 Å². The smallest absolute Gasteiger partial charge is 0.315 e. The number of rotatable bonds is 7.